The van der Waals surface area contributed by atoms with Crippen LogP contribution >= 0.6 is 11.8 Å². The van der Waals surface area contributed by atoms with E-state index in [2.05, 4.69) is 0 Å². The Morgan fingerprint density at radius 3 is 2.75 bits per heavy atom. The van der Waals surface area contributed by atoms with Crippen LogP contribution in [0.2, 0.25) is 0 Å². The van der Waals surface area contributed by atoms with E-state index in [4.69, 9.17) is 10.8 Å². The third-order valence-electron chi connectivity index (χ3n) is 2.10. The number of carboxylic acids is 1. The van der Waals surface area contributed by atoms with Crippen molar-refractivity contribution in [3.05, 3.63) is 0 Å². The molecule has 0 aromatic carbocycles. The number of thioether (sulfide) groups is 1. The fourth-order valence-electron chi connectivity index (χ4n) is 1.23. The second-order valence-corrected chi connectivity index (χ2v) is 4.64. The van der Waals surface area contributed by atoms with Crippen LogP contribution in [-0.2, 0) is 4.79 Å². The summed E-state index contributed by atoms with van der Waals surface area (Å²) in [6, 6.07) is 0.171. The highest BCUT2D eigenvalue weighted by Crippen LogP contribution is 2.37. The van der Waals surface area contributed by atoms with Crippen molar-refractivity contribution in [1.29, 1.82) is 0 Å². The normalized spacial score (nSPS) is 30.8. The topological polar surface area (TPSA) is 63.3 Å². The number of aliphatic carboxylic acids is 1. The summed E-state index contributed by atoms with van der Waals surface area (Å²) in [4.78, 5) is 10.6. The Kier molecular flexibility index (Phi) is 3.40. The highest BCUT2D eigenvalue weighted by atomic mass is 32.2. The molecule has 3 unspecified atom stereocenters. The van der Waals surface area contributed by atoms with Crippen LogP contribution < -0.4 is 5.73 Å². The molecule has 0 heterocycles. The molecule has 1 saturated carbocycles. The molecule has 0 spiro atoms. The standard InChI is InChI=1S/C8H15NO2S/c1-5(9)4-12-7-3-2-6(7)8(10)11/h5-7H,2-4,9H2,1H3,(H,10,11). The lowest BCUT2D eigenvalue weighted by molar-refractivity contribution is -0.144. The molecule has 0 aliphatic heterocycles. The van der Waals surface area contributed by atoms with E-state index in [-0.39, 0.29) is 12.0 Å². The van der Waals surface area contributed by atoms with Gasteiger partial charge in [0.1, 0.15) is 0 Å². The lowest BCUT2D eigenvalue weighted by Crippen LogP contribution is -2.36. The lowest BCUT2D eigenvalue weighted by atomic mass is 9.85. The highest BCUT2D eigenvalue weighted by Gasteiger charge is 2.36. The minimum atomic E-state index is -0.650. The van der Waals surface area contributed by atoms with Gasteiger partial charge in [0.25, 0.3) is 0 Å². The summed E-state index contributed by atoms with van der Waals surface area (Å²) < 4.78 is 0. The molecule has 0 amide bonds. The fraction of sp³-hybridized carbons (Fsp3) is 0.875. The maximum absolute atomic E-state index is 10.6. The number of hydrogen-bond donors (Lipinski definition) is 2. The van der Waals surface area contributed by atoms with Gasteiger partial charge in [0.2, 0.25) is 0 Å². The van der Waals surface area contributed by atoms with Crippen LogP contribution in [0.4, 0.5) is 0 Å². The van der Waals surface area contributed by atoms with Crippen LogP contribution in [0.25, 0.3) is 0 Å². The zero-order chi connectivity index (χ0) is 9.14. The smallest absolute Gasteiger partial charge is 0.307 e. The lowest BCUT2D eigenvalue weighted by Gasteiger charge is -2.33. The third kappa shape index (κ3) is 2.38. The quantitative estimate of drug-likeness (QED) is 0.690. The molecule has 0 aromatic rings. The first-order valence-electron chi connectivity index (χ1n) is 4.21. The second kappa shape index (κ2) is 4.14. The molecule has 70 valence electrons. The SMILES string of the molecule is CC(N)CSC1CCC1C(=O)O. The summed E-state index contributed by atoms with van der Waals surface area (Å²) >= 11 is 1.70. The monoisotopic (exact) mass is 189 g/mol. The van der Waals surface area contributed by atoms with E-state index in [0.717, 1.165) is 18.6 Å². The van der Waals surface area contributed by atoms with Crippen molar-refractivity contribution in [2.24, 2.45) is 11.7 Å². The third-order valence-corrected chi connectivity index (χ3v) is 3.81. The zero-order valence-electron chi connectivity index (χ0n) is 7.19. The molecule has 4 heteroatoms. The number of rotatable bonds is 4. The van der Waals surface area contributed by atoms with Crippen molar-refractivity contribution in [2.75, 3.05) is 5.75 Å². The molecule has 1 rings (SSSR count). The van der Waals surface area contributed by atoms with Gasteiger partial charge in [-0.2, -0.15) is 11.8 Å². The van der Waals surface area contributed by atoms with Crippen molar-refractivity contribution in [3.63, 3.8) is 0 Å². The predicted octanol–water partition coefficient (Wildman–Crippen LogP) is 0.930. The second-order valence-electron chi connectivity index (χ2n) is 3.37. The molecule has 1 aliphatic rings. The van der Waals surface area contributed by atoms with Crippen LogP contribution in [-0.4, -0.2) is 28.1 Å². The maximum atomic E-state index is 10.6. The van der Waals surface area contributed by atoms with Gasteiger partial charge in [0.05, 0.1) is 5.92 Å². The van der Waals surface area contributed by atoms with Gasteiger partial charge in [0.15, 0.2) is 0 Å². The molecule has 3 N–H and O–H groups in total. The van der Waals surface area contributed by atoms with Crippen LogP contribution in [0.5, 0.6) is 0 Å². The van der Waals surface area contributed by atoms with Gasteiger partial charge in [-0.25, -0.2) is 0 Å². The van der Waals surface area contributed by atoms with Gasteiger partial charge in [-0.3, -0.25) is 4.79 Å². The molecule has 12 heavy (non-hydrogen) atoms. The van der Waals surface area contributed by atoms with Gasteiger partial charge in [-0.1, -0.05) is 0 Å². The molecule has 0 bridgehead atoms. The first-order valence-corrected chi connectivity index (χ1v) is 5.26. The molecule has 0 radical (unpaired) electrons. The molecule has 3 atom stereocenters. The van der Waals surface area contributed by atoms with Gasteiger partial charge >= 0.3 is 5.97 Å². The number of hydrogen-bond acceptors (Lipinski definition) is 3. The van der Waals surface area contributed by atoms with Crippen molar-refractivity contribution in [2.45, 2.75) is 31.1 Å². The van der Waals surface area contributed by atoms with E-state index in [1.807, 2.05) is 6.92 Å². The van der Waals surface area contributed by atoms with Crippen molar-refractivity contribution in [1.82, 2.24) is 0 Å². The van der Waals surface area contributed by atoms with Gasteiger partial charge < -0.3 is 10.8 Å². The Morgan fingerprint density at radius 2 is 2.42 bits per heavy atom. The Hall–Kier alpha value is -0.220. The first kappa shape index (κ1) is 9.86. The molecule has 3 nitrogen and oxygen atoms in total. The van der Waals surface area contributed by atoms with Crippen LogP contribution in [0.1, 0.15) is 19.8 Å². The minimum Gasteiger partial charge on any atom is -0.481 e. The summed E-state index contributed by atoms with van der Waals surface area (Å²) in [6.07, 6.45) is 1.88. The molecular weight excluding hydrogens is 174 g/mol. The molecule has 1 aliphatic carbocycles. The molecule has 1 fully saturated rings. The minimum absolute atomic E-state index is 0.117. The Balaban J connectivity index is 2.21. The van der Waals surface area contributed by atoms with Gasteiger partial charge in [-0.05, 0) is 19.8 Å². The first-order chi connectivity index (χ1) is 5.61. The largest absolute Gasteiger partial charge is 0.481 e. The van der Waals surface area contributed by atoms with Gasteiger partial charge in [-0.15, -0.1) is 0 Å². The number of carboxylic acid groups (broad SMARTS) is 1. The average molecular weight is 189 g/mol. The van der Waals surface area contributed by atoms with E-state index >= 15 is 0 Å². The predicted molar refractivity (Wildman–Crippen MR) is 50.3 cm³/mol. The van der Waals surface area contributed by atoms with Crippen molar-refractivity contribution in [3.8, 4) is 0 Å². The van der Waals surface area contributed by atoms with E-state index in [1.165, 1.54) is 0 Å². The van der Waals surface area contributed by atoms with Crippen molar-refractivity contribution < 1.29 is 9.90 Å². The Bertz CT molecular complexity index is 172. The number of carbonyl (C=O) groups is 1. The summed E-state index contributed by atoms with van der Waals surface area (Å²) in [6.45, 7) is 1.95. The highest BCUT2D eigenvalue weighted by molar-refractivity contribution is 8.00. The van der Waals surface area contributed by atoms with E-state index in [9.17, 15) is 4.79 Å². The number of nitrogens with two attached hydrogens (primary N) is 1. The van der Waals surface area contributed by atoms with E-state index in [0.29, 0.717) is 5.25 Å². The van der Waals surface area contributed by atoms with E-state index in [1.54, 1.807) is 11.8 Å². The molecular formula is C8H15NO2S. The molecule has 0 aromatic heterocycles. The van der Waals surface area contributed by atoms with Gasteiger partial charge in [0, 0.05) is 17.0 Å². The summed E-state index contributed by atoms with van der Waals surface area (Å²) in [5, 5.41) is 9.04. The maximum Gasteiger partial charge on any atom is 0.307 e. The van der Waals surface area contributed by atoms with Crippen LogP contribution in [0.3, 0.4) is 0 Å². The zero-order valence-corrected chi connectivity index (χ0v) is 8.01. The average Bonchev–Trinajstić information content (AvgIpc) is 1.82. The Morgan fingerprint density at radius 1 is 1.75 bits per heavy atom. The van der Waals surface area contributed by atoms with E-state index < -0.39 is 5.97 Å². The van der Waals surface area contributed by atoms with Crippen LogP contribution in [0, 0.1) is 5.92 Å². The summed E-state index contributed by atoms with van der Waals surface area (Å²) in [5.74, 6) is 0.103. The summed E-state index contributed by atoms with van der Waals surface area (Å²) in [7, 11) is 0. The Labute approximate surface area is 76.7 Å². The fourth-order valence-corrected chi connectivity index (χ4v) is 2.57. The van der Waals surface area contributed by atoms with Crippen molar-refractivity contribution >= 4 is 17.7 Å². The molecule has 0 saturated heterocycles. The summed E-state index contributed by atoms with van der Waals surface area (Å²) in [5.41, 5.74) is 5.57. The van der Waals surface area contributed by atoms with Crippen LogP contribution in [0.15, 0.2) is 0 Å².